The molecule has 1 saturated heterocycles. The fourth-order valence-electron chi connectivity index (χ4n) is 3.05. The van der Waals surface area contributed by atoms with Gasteiger partial charge in [0.15, 0.2) is 0 Å². The Morgan fingerprint density at radius 3 is 2.28 bits per heavy atom. The van der Waals surface area contributed by atoms with E-state index in [2.05, 4.69) is 5.32 Å². The number of benzene rings is 1. The van der Waals surface area contributed by atoms with E-state index >= 15 is 0 Å². The molecule has 0 bridgehead atoms. The van der Waals surface area contributed by atoms with Crippen molar-refractivity contribution in [3.05, 3.63) is 35.4 Å². The number of halogens is 5. The molecule has 1 aliphatic rings. The van der Waals surface area contributed by atoms with Crippen LogP contribution in [0.5, 0.6) is 0 Å². The van der Waals surface area contributed by atoms with Crippen LogP contribution in [-0.2, 0) is 15.7 Å². The van der Waals surface area contributed by atoms with Crippen molar-refractivity contribution in [3.63, 3.8) is 0 Å². The van der Waals surface area contributed by atoms with Crippen LogP contribution in [0.2, 0.25) is 0 Å². The molecule has 0 spiro atoms. The van der Waals surface area contributed by atoms with E-state index < -0.39 is 60.6 Å². The molecule has 0 saturated carbocycles. The van der Waals surface area contributed by atoms with Gasteiger partial charge >= 0.3 is 6.18 Å². The lowest BCUT2D eigenvalue weighted by atomic mass is 10.0. The SMILES string of the molecule is C[C@H](NC(=O)[C@H]1CC(F)(F)CN1C(O)OC(C)(C)C)c1ccc(C(F)(F)F)cc1. The second-order valence-electron chi connectivity index (χ2n) is 8.15. The van der Waals surface area contributed by atoms with Crippen LogP contribution in [0.1, 0.15) is 51.3 Å². The van der Waals surface area contributed by atoms with Gasteiger partial charge in [0.25, 0.3) is 5.92 Å². The summed E-state index contributed by atoms with van der Waals surface area (Å²) in [7, 11) is 0. The summed E-state index contributed by atoms with van der Waals surface area (Å²) in [5.74, 6) is -3.96. The number of likely N-dealkylation sites (tertiary alicyclic amines) is 1. The quantitative estimate of drug-likeness (QED) is 0.559. The Balaban J connectivity index is 2.10. The molecule has 1 unspecified atom stereocenters. The Hall–Kier alpha value is -1.78. The van der Waals surface area contributed by atoms with Gasteiger partial charge in [0.1, 0.15) is 0 Å². The third kappa shape index (κ3) is 6.35. The highest BCUT2D eigenvalue weighted by Gasteiger charge is 2.51. The summed E-state index contributed by atoms with van der Waals surface area (Å²) in [5, 5.41) is 12.7. The molecule has 10 heteroatoms. The minimum atomic E-state index is -4.48. The molecule has 2 rings (SSSR count). The smallest absolute Gasteiger partial charge is 0.356 e. The van der Waals surface area contributed by atoms with Crippen molar-refractivity contribution in [2.45, 2.75) is 70.3 Å². The minimum Gasteiger partial charge on any atom is -0.356 e. The predicted octanol–water partition coefficient (Wildman–Crippen LogP) is 3.68. The van der Waals surface area contributed by atoms with Crippen molar-refractivity contribution in [1.82, 2.24) is 10.2 Å². The summed E-state index contributed by atoms with van der Waals surface area (Å²) in [5.41, 5.74) is -1.27. The average molecular weight is 424 g/mol. The standard InChI is InChI=1S/C19H25F5N2O3/c1-11(12-5-7-13(8-6-12)19(22,23)24)25-15(27)14-9-18(20,21)10-26(14)16(28)29-17(2,3)4/h5-8,11,14,16,28H,9-10H2,1-4H3,(H,25,27)/t11-,14+,16?/m0/s1. The number of aliphatic hydroxyl groups excluding tert-OH is 1. The van der Waals surface area contributed by atoms with Gasteiger partial charge in [0, 0.05) is 6.42 Å². The van der Waals surface area contributed by atoms with Gasteiger partial charge in [-0.05, 0) is 45.4 Å². The molecule has 1 fully saturated rings. The van der Waals surface area contributed by atoms with Crippen molar-refractivity contribution in [1.29, 1.82) is 0 Å². The lowest BCUT2D eigenvalue weighted by Crippen LogP contribution is -2.50. The van der Waals surface area contributed by atoms with Crippen LogP contribution < -0.4 is 5.32 Å². The Morgan fingerprint density at radius 1 is 1.24 bits per heavy atom. The zero-order valence-electron chi connectivity index (χ0n) is 16.6. The first-order chi connectivity index (χ1) is 13.1. The first-order valence-electron chi connectivity index (χ1n) is 9.06. The van der Waals surface area contributed by atoms with Crippen LogP contribution in [0, 0.1) is 0 Å². The van der Waals surface area contributed by atoms with E-state index in [1.54, 1.807) is 20.8 Å². The van der Waals surface area contributed by atoms with Gasteiger partial charge in [0.05, 0.1) is 29.8 Å². The zero-order valence-corrected chi connectivity index (χ0v) is 16.6. The number of amides is 1. The summed E-state index contributed by atoms with van der Waals surface area (Å²) in [6, 6.07) is 2.13. The number of hydrogen-bond donors (Lipinski definition) is 2. The number of aliphatic hydroxyl groups is 1. The molecule has 3 atom stereocenters. The van der Waals surface area contributed by atoms with Gasteiger partial charge in [-0.2, -0.15) is 13.2 Å². The molecule has 1 aromatic carbocycles. The summed E-state index contributed by atoms with van der Waals surface area (Å²) in [6.45, 7) is 5.57. The van der Waals surface area contributed by atoms with Crippen LogP contribution in [0.4, 0.5) is 22.0 Å². The first kappa shape index (κ1) is 23.5. The predicted molar refractivity (Wildman–Crippen MR) is 94.9 cm³/mol. The highest BCUT2D eigenvalue weighted by molar-refractivity contribution is 5.82. The molecule has 5 nitrogen and oxygen atoms in total. The Bertz CT molecular complexity index is 716. The number of nitrogens with zero attached hydrogens (tertiary/aromatic N) is 1. The number of hydrogen-bond acceptors (Lipinski definition) is 4. The monoisotopic (exact) mass is 424 g/mol. The highest BCUT2D eigenvalue weighted by atomic mass is 19.4. The van der Waals surface area contributed by atoms with E-state index in [1.807, 2.05) is 0 Å². The van der Waals surface area contributed by atoms with Crippen molar-refractivity contribution >= 4 is 5.91 Å². The van der Waals surface area contributed by atoms with Gasteiger partial charge in [0.2, 0.25) is 12.3 Å². The number of alkyl halides is 5. The van der Waals surface area contributed by atoms with Crippen LogP contribution in [0.3, 0.4) is 0 Å². The van der Waals surface area contributed by atoms with E-state index in [4.69, 9.17) is 4.74 Å². The van der Waals surface area contributed by atoms with Gasteiger partial charge in [-0.3, -0.25) is 4.79 Å². The number of carbonyl (C=O) groups is 1. The lowest BCUT2D eigenvalue weighted by molar-refractivity contribution is -0.244. The topological polar surface area (TPSA) is 61.8 Å². The van der Waals surface area contributed by atoms with Crippen molar-refractivity contribution in [2.24, 2.45) is 0 Å². The number of ether oxygens (including phenoxy) is 1. The summed E-state index contributed by atoms with van der Waals surface area (Å²) in [6.07, 6.45) is -6.99. The maximum Gasteiger partial charge on any atom is 0.416 e. The largest absolute Gasteiger partial charge is 0.416 e. The molecule has 0 aliphatic carbocycles. The highest BCUT2D eigenvalue weighted by Crippen LogP contribution is 2.35. The Morgan fingerprint density at radius 2 is 1.79 bits per heavy atom. The second kappa shape index (κ2) is 8.16. The van der Waals surface area contributed by atoms with Gasteiger partial charge in [-0.15, -0.1) is 0 Å². The third-order valence-corrected chi connectivity index (χ3v) is 4.45. The molecule has 2 N–H and O–H groups in total. The van der Waals surface area contributed by atoms with Crippen LogP contribution >= 0.6 is 0 Å². The van der Waals surface area contributed by atoms with E-state index in [-0.39, 0.29) is 0 Å². The number of nitrogens with one attached hydrogen (secondary N) is 1. The molecule has 29 heavy (non-hydrogen) atoms. The molecule has 0 aromatic heterocycles. The molecule has 164 valence electrons. The van der Waals surface area contributed by atoms with Crippen molar-refractivity contribution < 1.29 is 36.6 Å². The van der Waals surface area contributed by atoms with Crippen molar-refractivity contribution in [3.8, 4) is 0 Å². The van der Waals surface area contributed by atoms with E-state index in [9.17, 15) is 31.9 Å². The lowest BCUT2D eigenvalue weighted by Gasteiger charge is -2.33. The number of carbonyl (C=O) groups excluding carboxylic acids is 1. The summed E-state index contributed by atoms with van der Waals surface area (Å²) < 4.78 is 71.1. The Kier molecular flexibility index (Phi) is 6.61. The normalized spacial score (nSPS) is 22.3. The maximum absolute atomic E-state index is 13.9. The van der Waals surface area contributed by atoms with Crippen LogP contribution in [0.15, 0.2) is 24.3 Å². The molecular formula is C19H25F5N2O3. The van der Waals surface area contributed by atoms with E-state index in [1.165, 1.54) is 19.1 Å². The molecule has 1 aliphatic heterocycles. The molecule has 1 aromatic rings. The molecular weight excluding hydrogens is 399 g/mol. The third-order valence-electron chi connectivity index (χ3n) is 4.45. The fraction of sp³-hybridized carbons (Fsp3) is 0.632. The van der Waals surface area contributed by atoms with Gasteiger partial charge < -0.3 is 15.2 Å². The fourth-order valence-corrected chi connectivity index (χ4v) is 3.05. The first-order valence-corrected chi connectivity index (χ1v) is 9.06. The second-order valence-corrected chi connectivity index (χ2v) is 8.15. The Labute approximate surface area is 165 Å². The van der Waals surface area contributed by atoms with Crippen LogP contribution in [0.25, 0.3) is 0 Å². The van der Waals surface area contributed by atoms with E-state index in [0.29, 0.717) is 5.56 Å². The van der Waals surface area contributed by atoms with Gasteiger partial charge in [-0.1, -0.05) is 12.1 Å². The zero-order chi connectivity index (χ0) is 22.2. The van der Waals surface area contributed by atoms with Crippen molar-refractivity contribution in [2.75, 3.05) is 6.54 Å². The number of rotatable bonds is 5. The molecule has 1 heterocycles. The van der Waals surface area contributed by atoms with E-state index in [0.717, 1.165) is 17.0 Å². The van der Waals surface area contributed by atoms with Crippen LogP contribution in [-0.4, -0.2) is 46.4 Å². The average Bonchev–Trinajstić information content (AvgIpc) is 2.88. The molecule has 1 amide bonds. The summed E-state index contributed by atoms with van der Waals surface area (Å²) >= 11 is 0. The summed E-state index contributed by atoms with van der Waals surface area (Å²) in [4.78, 5) is 13.5. The minimum absolute atomic E-state index is 0.383. The van der Waals surface area contributed by atoms with Gasteiger partial charge in [-0.25, -0.2) is 13.7 Å². The molecule has 0 radical (unpaired) electrons. The maximum atomic E-state index is 13.9.